The fourth-order valence-electron chi connectivity index (χ4n) is 1.81. The second-order valence-electron chi connectivity index (χ2n) is 4.26. The topological polar surface area (TPSA) is 63.8 Å². The van der Waals surface area contributed by atoms with Crippen molar-refractivity contribution in [2.75, 3.05) is 11.1 Å². The third kappa shape index (κ3) is 3.21. The van der Waals surface area contributed by atoms with Gasteiger partial charge in [-0.05, 0) is 24.6 Å². The van der Waals surface area contributed by atoms with Crippen molar-refractivity contribution in [2.24, 2.45) is 0 Å². The first-order valence-electron chi connectivity index (χ1n) is 6.06. The van der Waals surface area contributed by atoms with Crippen LogP contribution in [0.1, 0.15) is 18.1 Å². The summed E-state index contributed by atoms with van der Waals surface area (Å²) in [6.45, 7) is 1.78. The van der Waals surface area contributed by atoms with E-state index in [9.17, 15) is 17.6 Å². The summed E-state index contributed by atoms with van der Waals surface area (Å²) in [5.41, 5.74) is 4.89. The molecule has 0 aliphatic carbocycles. The highest BCUT2D eigenvalue weighted by Crippen LogP contribution is 2.33. The molecule has 4 nitrogen and oxygen atoms in total. The highest BCUT2D eigenvalue weighted by atomic mass is 19.4. The van der Waals surface area contributed by atoms with Gasteiger partial charge in [0, 0.05) is 5.56 Å². The van der Waals surface area contributed by atoms with Gasteiger partial charge in [0.05, 0.1) is 11.3 Å². The Morgan fingerprint density at radius 3 is 2.57 bits per heavy atom. The standard InChI is InChI=1S/C13H12F4N4/c1-2-8-11(18)19-6-20-12(8)21-10-5-7(13(15,16)17)3-4-9(10)14/h3-6H,2H2,1H3,(H3,18,19,20,21). The van der Waals surface area contributed by atoms with Crippen LogP contribution in [0.3, 0.4) is 0 Å². The van der Waals surface area contributed by atoms with Crippen molar-refractivity contribution in [1.82, 2.24) is 9.97 Å². The highest BCUT2D eigenvalue weighted by molar-refractivity contribution is 5.64. The number of nitrogens with two attached hydrogens (primary N) is 1. The molecule has 0 amide bonds. The zero-order valence-corrected chi connectivity index (χ0v) is 11.0. The Hall–Kier alpha value is -2.38. The average molecular weight is 300 g/mol. The van der Waals surface area contributed by atoms with Crippen LogP contribution in [-0.4, -0.2) is 9.97 Å². The summed E-state index contributed by atoms with van der Waals surface area (Å²) >= 11 is 0. The Kier molecular flexibility index (Phi) is 3.97. The summed E-state index contributed by atoms with van der Waals surface area (Å²) in [5.74, 6) is -0.437. The molecule has 0 fully saturated rings. The molecule has 21 heavy (non-hydrogen) atoms. The van der Waals surface area contributed by atoms with Gasteiger partial charge in [-0.15, -0.1) is 0 Å². The summed E-state index contributed by atoms with van der Waals surface area (Å²) in [4.78, 5) is 7.67. The zero-order valence-electron chi connectivity index (χ0n) is 11.0. The minimum atomic E-state index is -4.55. The quantitative estimate of drug-likeness (QED) is 0.851. The van der Waals surface area contributed by atoms with Gasteiger partial charge in [0.15, 0.2) is 0 Å². The lowest BCUT2D eigenvalue weighted by Crippen LogP contribution is -2.08. The maximum absolute atomic E-state index is 13.7. The van der Waals surface area contributed by atoms with Crippen molar-refractivity contribution in [2.45, 2.75) is 19.5 Å². The molecule has 3 N–H and O–H groups in total. The fourth-order valence-corrected chi connectivity index (χ4v) is 1.81. The zero-order chi connectivity index (χ0) is 15.6. The molecule has 0 aliphatic rings. The lowest BCUT2D eigenvalue weighted by atomic mass is 10.1. The number of nitrogens with one attached hydrogen (secondary N) is 1. The van der Waals surface area contributed by atoms with E-state index in [0.717, 1.165) is 12.4 Å². The molecule has 0 saturated carbocycles. The van der Waals surface area contributed by atoms with E-state index in [-0.39, 0.29) is 17.3 Å². The number of hydrogen-bond acceptors (Lipinski definition) is 4. The van der Waals surface area contributed by atoms with Crippen LogP contribution in [0, 0.1) is 5.82 Å². The normalized spacial score (nSPS) is 11.5. The molecular weight excluding hydrogens is 288 g/mol. The molecule has 0 atom stereocenters. The summed E-state index contributed by atoms with van der Waals surface area (Å²) in [6, 6.07) is 2.12. The van der Waals surface area contributed by atoms with Crippen LogP contribution >= 0.6 is 0 Å². The number of aromatic nitrogens is 2. The van der Waals surface area contributed by atoms with Gasteiger partial charge in [0.1, 0.15) is 23.8 Å². The molecular formula is C13H12F4N4. The molecule has 0 unspecified atom stereocenters. The number of nitrogens with zero attached hydrogens (tertiary/aromatic N) is 2. The van der Waals surface area contributed by atoms with Crippen molar-refractivity contribution < 1.29 is 17.6 Å². The predicted molar refractivity (Wildman–Crippen MR) is 70.5 cm³/mol. The minimum absolute atomic E-state index is 0.184. The van der Waals surface area contributed by atoms with E-state index < -0.39 is 17.6 Å². The first-order chi connectivity index (χ1) is 9.82. The fraction of sp³-hybridized carbons (Fsp3) is 0.231. The van der Waals surface area contributed by atoms with E-state index in [1.54, 1.807) is 6.92 Å². The van der Waals surface area contributed by atoms with Gasteiger partial charge in [-0.1, -0.05) is 6.92 Å². The van der Waals surface area contributed by atoms with Crippen LogP contribution in [0.2, 0.25) is 0 Å². The molecule has 1 aromatic carbocycles. The van der Waals surface area contributed by atoms with Crippen molar-refractivity contribution in [1.29, 1.82) is 0 Å². The van der Waals surface area contributed by atoms with Crippen LogP contribution in [0.5, 0.6) is 0 Å². The molecule has 0 radical (unpaired) electrons. The summed E-state index contributed by atoms with van der Waals surface area (Å²) in [6.07, 6.45) is -2.94. The van der Waals surface area contributed by atoms with Crippen molar-refractivity contribution in [3.8, 4) is 0 Å². The van der Waals surface area contributed by atoms with Crippen molar-refractivity contribution in [3.05, 3.63) is 41.5 Å². The van der Waals surface area contributed by atoms with Crippen molar-refractivity contribution >= 4 is 17.3 Å². The molecule has 0 saturated heterocycles. The van der Waals surface area contributed by atoms with Gasteiger partial charge in [0.25, 0.3) is 0 Å². The molecule has 112 valence electrons. The van der Waals surface area contributed by atoms with Crippen LogP contribution in [0.15, 0.2) is 24.5 Å². The van der Waals surface area contributed by atoms with Crippen LogP contribution in [0.25, 0.3) is 0 Å². The maximum atomic E-state index is 13.7. The Balaban J connectivity index is 2.42. The summed E-state index contributed by atoms with van der Waals surface area (Å²) in [5, 5.41) is 2.54. The smallest absolute Gasteiger partial charge is 0.383 e. The number of anilines is 3. The van der Waals surface area contributed by atoms with E-state index in [2.05, 4.69) is 15.3 Å². The lowest BCUT2D eigenvalue weighted by molar-refractivity contribution is -0.137. The molecule has 2 rings (SSSR count). The largest absolute Gasteiger partial charge is 0.416 e. The third-order valence-electron chi connectivity index (χ3n) is 2.88. The van der Waals surface area contributed by atoms with Crippen molar-refractivity contribution in [3.63, 3.8) is 0 Å². The maximum Gasteiger partial charge on any atom is 0.416 e. The number of alkyl halides is 3. The molecule has 0 spiro atoms. The average Bonchev–Trinajstić information content (AvgIpc) is 2.40. The molecule has 0 bridgehead atoms. The predicted octanol–water partition coefficient (Wildman–Crippen LogP) is 3.52. The first-order valence-corrected chi connectivity index (χ1v) is 6.06. The number of benzene rings is 1. The van der Waals surface area contributed by atoms with E-state index in [4.69, 9.17) is 5.73 Å². The van der Waals surface area contributed by atoms with Gasteiger partial charge in [-0.25, -0.2) is 14.4 Å². The van der Waals surface area contributed by atoms with Crippen LogP contribution in [0.4, 0.5) is 34.9 Å². The third-order valence-corrected chi connectivity index (χ3v) is 2.88. The van der Waals surface area contributed by atoms with Crippen LogP contribution in [-0.2, 0) is 12.6 Å². The van der Waals surface area contributed by atoms with E-state index in [0.29, 0.717) is 24.1 Å². The highest BCUT2D eigenvalue weighted by Gasteiger charge is 2.31. The summed E-state index contributed by atoms with van der Waals surface area (Å²) in [7, 11) is 0. The van der Waals surface area contributed by atoms with E-state index in [1.165, 1.54) is 0 Å². The molecule has 8 heteroatoms. The molecule has 1 aromatic heterocycles. The lowest BCUT2D eigenvalue weighted by Gasteiger charge is -2.13. The second kappa shape index (κ2) is 5.55. The van der Waals surface area contributed by atoms with Gasteiger partial charge < -0.3 is 11.1 Å². The Bertz CT molecular complexity index is 655. The van der Waals surface area contributed by atoms with E-state index >= 15 is 0 Å². The van der Waals surface area contributed by atoms with Gasteiger partial charge in [-0.3, -0.25) is 0 Å². The number of rotatable bonds is 3. The van der Waals surface area contributed by atoms with Gasteiger partial charge >= 0.3 is 6.18 Å². The second-order valence-corrected chi connectivity index (χ2v) is 4.26. The first kappa shape index (κ1) is 15.0. The number of halogens is 4. The summed E-state index contributed by atoms with van der Waals surface area (Å²) < 4.78 is 51.6. The molecule has 0 aliphatic heterocycles. The van der Waals surface area contributed by atoms with Gasteiger partial charge in [-0.2, -0.15) is 13.2 Å². The monoisotopic (exact) mass is 300 g/mol. The van der Waals surface area contributed by atoms with E-state index in [1.807, 2.05) is 0 Å². The SMILES string of the molecule is CCc1c(N)ncnc1Nc1cc(C(F)(F)F)ccc1F. The molecule has 1 heterocycles. The number of nitrogen functional groups attached to an aromatic ring is 1. The Labute approximate surface area is 118 Å². The van der Waals surface area contributed by atoms with Crippen LogP contribution < -0.4 is 11.1 Å². The minimum Gasteiger partial charge on any atom is -0.383 e. The van der Waals surface area contributed by atoms with Gasteiger partial charge in [0.2, 0.25) is 0 Å². The Morgan fingerprint density at radius 1 is 1.24 bits per heavy atom. The Morgan fingerprint density at radius 2 is 1.95 bits per heavy atom. The molecule has 2 aromatic rings. The number of hydrogen-bond donors (Lipinski definition) is 2.